The van der Waals surface area contributed by atoms with Crippen molar-refractivity contribution in [2.45, 2.75) is 38.8 Å². The Kier molecular flexibility index (Phi) is 3.83. The van der Waals surface area contributed by atoms with Crippen LogP contribution in [-0.4, -0.2) is 46.7 Å². The van der Waals surface area contributed by atoms with Crippen LogP contribution in [0.1, 0.15) is 37.2 Å². The minimum Gasteiger partial charge on any atom is -0.332 e. The molecule has 0 spiro atoms. The van der Waals surface area contributed by atoms with E-state index in [1.807, 2.05) is 17.9 Å². The van der Waals surface area contributed by atoms with Crippen LogP contribution >= 0.6 is 0 Å². The predicted molar refractivity (Wildman–Crippen MR) is 88.9 cm³/mol. The van der Waals surface area contributed by atoms with Gasteiger partial charge in [0.2, 0.25) is 5.91 Å². The first-order valence-corrected chi connectivity index (χ1v) is 8.39. The van der Waals surface area contributed by atoms with Gasteiger partial charge in [0.25, 0.3) is 5.56 Å². The molecule has 4 rings (SSSR count). The van der Waals surface area contributed by atoms with E-state index >= 15 is 0 Å². The molecule has 0 aliphatic carbocycles. The molecule has 1 aliphatic rings. The van der Waals surface area contributed by atoms with Crippen LogP contribution < -0.4 is 5.56 Å². The van der Waals surface area contributed by atoms with Crippen molar-refractivity contribution in [3.63, 3.8) is 0 Å². The highest BCUT2D eigenvalue weighted by Gasteiger charge is 2.31. The number of amides is 1. The van der Waals surface area contributed by atoms with Crippen molar-refractivity contribution in [2.75, 3.05) is 6.54 Å². The van der Waals surface area contributed by atoms with Gasteiger partial charge >= 0.3 is 0 Å². The molecule has 9 nitrogen and oxygen atoms in total. The molecule has 1 atom stereocenters. The van der Waals surface area contributed by atoms with E-state index < -0.39 is 0 Å². The van der Waals surface area contributed by atoms with Gasteiger partial charge in [0.05, 0.1) is 11.7 Å². The third-order valence-electron chi connectivity index (χ3n) is 4.58. The molecular weight excluding hydrogens is 322 g/mol. The Balaban J connectivity index is 1.63. The molecule has 130 valence electrons. The lowest BCUT2D eigenvalue weighted by molar-refractivity contribution is -0.133. The zero-order valence-corrected chi connectivity index (χ0v) is 13.9. The van der Waals surface area contributed by atoms with E-state index in [9.17, 15) is 9.59 Å². The summed E-state index contributed by atoms with van der Waals surface area (Å²) in [5, 5.41) is 7.10. The molecule has 0 radical (unpaired) electrons. The number of rotatable bonds is 4. The van der Waals surface area contributed by atoms with Crippen molar-refractivity contribution in [1.29, 1.82) is 0 Å². The lowest BCUT2D eigenvalue weighted by Crippen LogP contribution is -2.33. The number of hydrogen-bond donors (Lipinski definition) is 1. The lowest BCUT2D eigenvalue weighted by atomic mass is 10.1. The van der Waals surface area contributed by atoms with Crippen LogP contribution in [0.15, 0.2) is 29.6 Å². The summed E-state index contributed by atoms with van der Waals surface area (Å²) in [6.07, 6.45) is 5.42. The average Bonchev–Trinajstić information content (AvgIpc) is 3.33. The molecule has 4 heterocycles. The third kappa shape index (κ3) is 2.81. The number of fused-ring (bicyclic) bond motifs is 1. The van der Waals surface area contributed by atoms with Gasteiger partial charge in [0.15, 0.2) is 5.65 Å². The molecule has 1 saturated heterocycles. The van der Waals surface area contributed by atoms with Crippen molar-refractivity contribution < 1.29 is 4.79 Å². The number of carbonyl (C=O) groups is 1. The Bertz CT molecular complexity index is 957. The largest absolute Gasteiger partial charge is 0.332 e. The molecule has 3 aromatic heterocycles. The van der Waals surface area contributed by atoms with Crippen molar-refractivity contribution >= 4 is 11.6 Å². The van der Waals surface area contributed by atoms with E-state index in [1.165, 1.54) is 27.9 Å². The number of hydrogen-bond acceptors (Lipinski definition) is 5. The number of carbonyl (C=O) groups excluding carboxylic acids is 1. The Hall–Kier alpha value is -2.97. The first-order valence-electron chi connectivity index (χ1n) is 8.39. The molecular formula is C16H19N7O2. The van der Waals surface area contributed by atoms with Gasteiger partial charge in [-0.2, -0.15) is 5.10 Å². The first kappa shape index (κ1) is 15.6. The number of nitrogens with zero attached hydrogens (tertiary/aromatic N) is 6. The smallest absolute Gasteiger partial charge is 0.272 e. The predicted octanol–water partition coefficient (Wildman–Crippen LogP) is 0.540. The van der Waals surface area contributed by atoms with E-state index in [0.29, 0.717) is 18.6 Å². The second-order valence-electron chi connectivity index (χ2n) is 6.18. The SMILES string of the molecule is CCc1cc(=O)n2[nH]c(C3CCCN3C(=O)Cn3cncn3)cc2n1. The number of aromatic nitrogens is 6. The van der Waals surface area contributed by atoms with Crippen molar-refractivity contribution in [2.24, 2.45) is 0 Å². The molecule has 25 heavy (non-hydrogen) atoms. The lowest BCUT2D eigenvalue weighted by Gasteiger charge is -2.23. The normalized spacial score (nSPS) is 17.5. The molecule has 1 amide bonds. The van der Waals surface area contributed by atoms with Crippen molar-refractivity contribution in [1.82, 2.24) is 34.3 Å². The van der Waals surface area contributed by atoms with Gasteiger partial charge in [-0.3, -0.25) is 14.7 Å². The minimum absolute atomic E-state index is 0.0128. The monoisotopic (exact) mass is 341 g/mol. The van der Waals surface area contributed by atoms with Gasteiger partial charge in [-0.25, -0.2) is 19.2 Å². The van der Waals surface area contributed by atoms with Gasteiger partial charge in [0.1, 0.15) is 19.2 Å². The molecule has 1 N–H and O–H groups in total. The number of aryl methyl sites for hydroxylation is 1. The molecule has 0 aromatic carbocycles. The summed E-state index contributed by atoms with van der Waals surface area (Å²) < 4.78 is 2.95. The third-order valence-corrected chi connectivity index (χ3v) is 4.58. The number of likely N-dealkylation sites (tertiary alicyclic amines) is 1. The van der Waals surface area contributed by atoms with E-state index in [-0.39, 0.29) is 24.1 Å². The summed E-state index contributed by atoms with van der Waals surface area (Å²) in [6, 6.07) is 3.32. The van der Waals surface area contributed by atoms with Gasteiger partial charge in [0, 0.05) is 24.4 Å². The fourth-order valence-corrected chi connectivity index (χ4v) is 3.34. The van der Waals surface area contributed by atoms with Gasteiger partial charge < -0.3 is 4.90 Å². The van der Waals surface area contributed by atoms with E-state index in [4.69, 9.17) is 0 Å². The molecule has 0 saturated carbocycles. The minimum atomic E-state index is -0.133. The fraction of sp³-hybridized carbons (Fsp3) is 0.438. The Morgan fingerprint density at radius 3 is 3.04 bits per heavy atom. The van der Waals surface area contributed by atoms with E-state index in [1.54, 1.807) is 0 Å². The second-order valence-corrected chi connectivity index (χ2v) is 6.18. The van der Waals surface area contributed by atoms with Crippen LogP contribution in [-0.2, 0) is 17.8 Å². The Morgan fingerprint density at radius 2 is 2.28 bits per heavy atom. The summed E-state index contributed by atoms with van der Waals surface area (Å²) in [5.74, 6) is -0.0128. The van der Waals surface area contributed by atoms with Gasteiger partial charge in [-0.1, -0.05) is 6.92 Å². The van der Waals surface area contributed by atoms with Crippen LogP contribution in [0.3, 0.4) is 0 Å². The maximum Gasteiger partial charge on any atom is 0.272 e. The van der Waals surface area contributed by atoms with Crippen LogP contribution in [0.2, 0.25) is 0 Å². The molecule has 1 fully saturated rings. The molecule has 0 bridgehead atoms. The Labute approximate surface area is 143 Å². The molecule has 1 aliphatic heterocycles. The standard InChI is InChI=1S/C16H19N7O2/c1-2-11-6-15(24)23-14(19-11)7-12(20-23)13-4-3-5-22(13)16(25)8-21-10-17-9-18-21/h6-7,9-10,13,20H,2-5,8H2,1H3. The number of nitrogens with one attached hydrogen (secondary N) is 1. The van der Waals surface area contributed by atoms with E-state index in [0.717, 1.165) is 24.2 Å². The summed E-state index contributed by atoms with van der Waals surface area (Å²) in [7, 11) is 0. The van der Waals surface area contributed by atoms with Crippen LogP contribution in [0.5, 0.6) is 0 Å². The quantitative estimate of drug-likeness (QED) is 0.746. The van der Waals surface area contributed by atoms with Gasteiger partial charge in [-0.05, 0) is 19.3 Å². The zero-order chi connectivity index (χ0) is 17.4. The fourth-order valence-electron chi connectivity index (χ4n) is 3.34. The molecule has 9 heteroatoms. The summed E-state index contributed by atoms with van der Waals surface area (Å²) in [4.78, 5) is 35.0. The molecule has 1 unspecified atom stereocenters. The van der Waals surface area contributed by atoms with Crippen molar-refractivity contribution in [3.8, 4) is 0 Å². The highest BCUT2D eigenvalue weighted by atomic mass is 16.2. The zero-order valence-electron chi connectivity index (χ0n) is 13.9. The summed E-state index contributed by atoms with van der Waals surface area (Å²) in [6.45, 7) is 2.82. The highest BCUT2D eigenvalue weighted by molar-refractivity contribution is 5.76. The van der Waals surface area contributed by atoms with Crippen LogP contribution in [0, 0.1) is 0 Å². The van der Waals surface area contributed by atoms with Crippen molar-refractivity contribution in [3.05, 3.63) is 46.5 Å². The van der Waals surface area contributed by atoms with E-state index in [2.05, 4.69) is 20.2 Å². The summed E-state index contributed by atoms with van der Waals surface area (Å²) in [5.41, 5.74) is 2.06. The summed E-state index contributed by atoms with van der Waals surface area (Å²) >= 11 is 0. The van der Waals surface area contributed by atoms with Crippen LogP contribution in [0.25, 0.3) is 5.65 Å². The van der Waals surface area contributed by atoms with Gasteiger partial charge in [-0.15, -0.1) is 0 Å². The average molecular weight is 341 g/mol. The topological polar surface area (TPSA) is 101 Å². The molecule has 3 aromatic rings. The Morgan fingerprint density at radius 1 is 1.40 bits per heavy atom. The maximum atomic E-state index is 12.6. The first-order chi connectivity index (χ1) is 12.2. The maximum absolute atomic E-state index is 12.6. The highest BCUT2D eigenvalue weighted by Crippen LogP contribution is 2.31. The van der Waals surface area contributed by atoms with Crippen LogP contribution in [0.4, 0.5) is 0 Å². The number of H-pyrrole nitrogens is 1. The number of aromatic amines is 1. The second kappa shape index (κ2) is 6.15.